The van der Waals surface area contributed by atoms with Gasteiger partial charge in [0, 0.05) is 0 Å². The molecule has 144 valence electrons. The van der Waals surface area contributed by atoms with Crippen molar-refractivity contribution < 1.29 is 19.1 Å². The average Bonchev–Trinajstić information content (AvgIpc) is 2.75. The summed E-state index contributed by atoms with van der Waals surface area (Å²) in [5.74, 6) is -0.456. The summed E-state index contributed by atoms with van der Waals surface area (Å²) in [6.45, 7) is 5.55. The minimum absolute atomic E-state index is 0.253. The van der Waals surface area contributed by atoms with Gasteiger partial charge in [0.25, 0.3) is 0 Å². The fourth-order valence-corrected chi connectivity index (χ4v) is 2.78. The van der Waals surface area contributed by atoms with Gasteiger partial charge in [-0.05, 0) is 48.9 Å². The molecule has 0 heterocycles. The van der Waals surface area contributed by atoms with Crippen molar-refractivity contribution in [3.63, 3.8) is 0 Å². The first kappa shape index (κ1) is 19.8. The molecule has 0 saturated heterocycles. The Bertz CT molecular complexity index is 1050. The molecule has 0 aliphatic rings. The lowest BCUT2D eigenvalue weighted by molar-refractivity contribution is 0.0691. The third-order valence-corrected chi connectivity index (χ3v) is 4.17. The van der Waals surface area contributed by atoms with Crippen molar-refractivity contribution in [2.24, 2.45) is 0 Å². The lowest BCUT2D eigenvalue weighted by Gasteiger charge is -2.15. The predicted molar refractivity (Wildman–Crippen MR) is 113 cm³/mol. The molecule has 0 amide bonds. The predicted octanol–water partition coefficient (Wildman–Crippen LogP) is 5.60. The molecule has 0 fully saturated rings. The maximum atomic E-state index is 12.6. The molecule has 0 aromatic heterocycles. The Kier molecular flexibility index (Phi) is 6.38. The number of ether oxygens (including phenoxy) is 2. The molecule has 3 aromatic rings. The first-order valence-electron chi connectivity index (χ1n) is 9.07. The average molecular weight is 384 g/mol. The van der Waals surface area contributed by atoms with E-state index in [1.807, 2.05) is 25.1 Å². The van der Waals surface area contributed by atoms with E-state index in [-0.39, 0.29) is 5.76 Å². The summed E-state index contributed by atoms with van der Waals surface area (Å²) in [7, 11) is 0. The molecule has 0 aliphatic carbocycles. The quantitative estimate of drug-likeness (QED) is 0.240. The Morgan fingerprint density at radius 3 is 1.97 bits per heavy atom. The SMILES string of the molecule is C=C/C=C(/OC(=O)c1ccccc1)c1c(C)cccc1OC(=O)c1ccccc1. The van der Waals surface area contributed by atoms with Gasteiger partial charge in [0.1, 0.15) is 11.5 Å². The van der Waals surface area contributed by atoms with Gasteiger partial charge in [0.05, 0.1) is 16.7 Å². The van der Waals surface area contributed by atoms with E-state index in [4.69, 9.17) is 9.47 Å². The maximum Gasteiger partial charge on any atom is 0.343 e. The van der Waals surface area contributed by atoms with E-state index in [9.17, 15) is 9.59 Å². The molecular formula is C25H20O4. The van der Waals surface area contributed by atoms with Crippen LogP contribution in [0.25, 0.3) is 5.76 Å². The van der Waals surface area contributed by atoms with Crippen molar-refractivity contribution in [3.05, 3.63) is 120 Å². The summed E-state index contributed by atoms with van der Waals surface area (Å²) in [5.41, 5.74) is 2.15. The second kappa shape index (κ2) is 9.33. The third kappa shape index (κ3) is 4.87. The molecule has 29 heavy (non-hydrogen) atoms. The number of hydrogen-bond acceptors (Lipinski definition) is 4. The van der Waals surface area contributed by atoms with Gasteiger partial charge in [-0.15, -0.1) is 0 Å². The van der Waals surface area contributed by atoms with Crippen LogP contribution in [0.1, 0.15) is 31.8 Å². The minimum atomic E-state index is -0.512. The van der Waals surface area contributed by atoms with Crippen LogP contribution in [0, 0.1) is 6.92 Å². The monoisotopic (exact) mass is 384 g/mol. The molecule has 0 bridgehead atoms. The molecule has 4 nitrogen and oxygen atoms in total. The van der Waals surface area contributed by atoms with Crippen LogP contribution in [-0.2, 0) is 4.74 Å². The third-order valence-electron chi connectivity index (χ3n) is 4.17. The Hall–Kier alpha value is -3.92. The molecule has 4 heteroatoms. The lowest BCUT2D eigenvalue weighted by Crippen LogP contribution is -2.11. The van der Waals surface area contributed by atoms with Gasteiger partial charge in [0.15, 0.2) is 0 Å². The second-order valence-corrected chi connectivity index (χ2v) is 6.23. The van der Waals surface area contributed by atoms with Gasteiger partial charge in [-0.1, -0.05) is 61.2 Å². The van der Waals surface area contributed by atoms with E-state index in [2.05, 4.69) is 6.58 Å². The zero-order valence-electron chi connectivity index (χ0n) is 16.0. The van der Waals surface area contributed by atoms with E-state index in [1.54, 1.807) is 66.7 Å². The topological polar surface area (TPSA) is 52.6 Å². The van der Waals surface area contributed by atoms with Crippen LogP contribution in [0.2, 0.25) is 0 Å². The van der Waals surface area contributed by atoms with Crippen molar-refractivity contribution in [1.82, 2.24) is 0 Å². The summed E-state index contributed by atoms with van der Waals surface area (Å²) >= 11 is 0. The summed E-state index contributed by atoms with van der Waals surface area (Å²) < 4.78 is 11.3. The van der Waals surface area contributed by atoms with Crippen LogP contribution in [0.4, 0.5) is 0 Å². The summed E-state index contributed by atoms with van der Waals surface area (Å²) in [6, 6.07) is 22.7. The maximum absolute atomic E-state index is 12.6. The highest BCUT2D eigenvalue weighted by Gasteiger charge is 2.19. The van der Waals surface area contributed by atoms with Crippen molar-refractivity contribution in [2.75, 3.05) is 0 Å². The van der Waals surface area contributed by atoms with Gasteiger partial charge < -0.3 is 9.47 Å². The zero-order valence-corrected chi connectivity index (χ0v) is 16.0. The Balaban J connectivity index is 1.94. The van der Waals surface area contributed by atoms with Crippen LogP contribution < -0.4 is 4.74 Å². The highest BCUT2D eigenvalue weighted by molar-refractivity contribution is 5.95. The summed E-state index contributed by atoms with van der Waals surface area (Å²) in [4.78, 5) is 25.1. The minimum Gasteiger partial charge on any atom is -0.422 e. The number of hydrogen-bond donors (Lipinski definition) is 0. The van der Waals surface area contributed by atoms with Gasteiger partial charge in [-0.3, -0.25) is 0 Å². The number of allylic oxidation sites excluding steroid dienone is 2. The van der Waals surface area contributed by atoms with Gasteiger partial charge in [-0.2, -0.15) is 0 Å². The van der Waals surface area contributed by atoms with Crippen LogP contribution in [0.3, 0.4) is 0 Å². The fourth-order valence-electron chi connectivity index (χ4n) is 2.78. The first-order chi connectivity index (χ1) is 14.1. The summed E-state index contributed by atoms with van der Waals surface area (Å²) in [6.07, 6.45) is 3.09. The van der Waals surface area contributed by atoms with E-state index in [0.717, 1.165) is 5.56 Å². The van der Waals surface area contributed by atoms with E-state index in [0.29, 0.717) is 22.4 Å². The van der Waals surface area contributed by atoms with Crippen molar-refractivity contribution in [2.45, 2.75) is 6.92 Å². The Morgan fingerprint density at radius 2 is 1.38 bits per heavy atom. The zero-order chi connectivity index (χ0) is 20.6. The molecule has 0 spiro atoms. The molecule has 0 unspecified atom stereocenters. The van der Waals surface area contributed by atoms with Crippen LogP contribution in [-0.4, -0.2) is 11.9 Å². The van der Waals surface area contributed by atoms with Crippen LogP contribution in [0.5, 0.6) is 5.75 Å². The highest BCUT2D eigenvalue weighted by atomic mass is 16.5. The van der Waals surface area contributed by atoms with Crippen molar-refractivity contribution in [3.8, 4) is 5.75 Å². The molecule has 0 N–H and O–H groups in total. The number of esters is 2. The van der Waals surface area contributed by atoms with Crippen LogP contribution >= 0.6 is 0 Å². The van der Waals surface area contributed by atoms with Crippen molar-refractivity contribution >= 4 is 17.7 Å². The van der Waals surface area contributed by atoms with Gasteiger partial charge >= 0.3 is 11.9 Å². The standard InChI is InChI=1S/C25H20O4/c1-3-11-21(28-24(26)19-13-6-4-7-14-19)23-18(2)12-10-17-22(23)29-25(27)20-15-8-5-9-16-20/h3-17H,1H2,2H3/b21-11+. The Labute approximate surface area is 169 Å². The fraction of sp³-hybridized carbons (Fsp3) is 0.0400. The number of carbonyl (C=O) groups excluding carboxylic acids is 2. The number of carbonyl (C=O) groups is 2. The van der Waals surface area contributed by atoms with Gasteiger partial charge in [0.2, 0.25) is 0 Å². The van der Waals surface area contributed by atoms with Crippen LogP contribution in [0.15, 0.2) is 97.6 Å². The van der Waals surface area contributed by atoms with Crippen molar-refractivity contribution in [1.29, 1.82) is 0 Å². The number of rotatable bonds is 6. The number of aryl methyl sites for hydroxylation is 1. The molecule has 0 aliphatic heterocycles. The smallest absolute Gasteiger partial charge is 0.343 e. The highest BCUT2D eigenvalue weighted by Crippen LogP contribution is 2.31. The molecule has 0 radical (unpaired) electrons. The Morgan fingerprint density at radius 1 is 0.793 bits per heavy atom. The first-order valence-corrected chi connectivity index (χ1v) is 9.07. The van der Waals surface area contributed by atoms with E-state index < -0.39 is 11.9 Å². The van der Waals surface area contributed by atoms with Gasteiger partial charge in [-0.25, -0.2) is 9.59 Å². The normalized spacial score (nSPS) is 10.9. The summed E-state index contributed by atoms with van der Waals surface area (Å²) in [5, 5.41) is 0. The molecule has 0 atom stereocenters. The molecule has 3 aromatic carbocycles. The second-order valence-electron chi connectivity index (χ2n) is 6.23. The molecule has 0 saturated carbocycles. The van der Waals surface area contributed by atoms with E-state index >= 15 is 0 Å². The molecule has 3 rings (SSSR count). The molecular weight excluding hydrogens is 364 g/mol. The van der Waals surface area contributed by atoms with E-state index in [1.165, 1.54) is 6.08 Å². The lowest BCUT2D eigenvalue weighted by atomic mass is 10.0. The number of benzene rings is 3. The largest absolute Gasteiger partial charge is 0.422 e.